The van der Waals surface area contributed by atoms with E-state index in [0.717, 1.165) is 29.6 Å². The normalized spacial score (nSPS) is 19.0. The van der Waals surface area contributed by atoms with Crippen molar-refractivity contribution in [1.29, 1.82) is 0 Å². The zero-order valence-corrected chi connectivity index (χ0v) is 14.1. The van der Waals surface area contributed by atoms with E-state index >= 15 is 0 Å². The van der Waals surface area contributed by atoms with Crippen LogP contribution in [0.5, 0.6) is 0 Å². The first-order chi connectivity index (χ1) is 8.29. The molecular weight excluding hydrogens is 218 g/mol. The van der Waals surface area contributed by atoms with Gasteiger partial charge in [-0.3, -0.25) is 0 Å². The molecule has 1 nitrogen and oxygen atoms in total. The molecule has 0 heterocycles. The summed E-state index contributed by atoms with van der Waals surface area (Å²) in [7, 11) is 2.10. The second kappa shape index (κ2) is 8.96. The van der Waals surface area contributed by atoms with Crippen LogP contribution >= 0.6 is 0 Å². The minimum atomic E-state index is 0.662. The third-order valence-corrected chi connectivity index (χ3v) is 4.69. The fourth-order valence-corrected chi connectivity index (χ4v) is 3.05. The summed E-state index contributed by atoms with van der Waals surface area (Å²) in [5, 5.41) is 3.49. The maximum atomic E-state index is 3.49. The van der Waals surface area contributed by atoms with Gasteiger partial charge in [-0.25, -0.2) is 0 Å². The van der Waals surface area contributed by atoms with Gasteiger partial charge in [0.2, 0.25) is 0 Å². The highest BCUT2D eigenvalue weighted by Crippen LogP contribution is 2.25. The Kier molecular flexibility index (Phi) is 8.94. The van der Waals surface area contributed by atoms with Crippen molar-refractivity contribution in [3.05, 3.63) is 0 Å². The molecule has 0 aromatic heterocycles. The Morgan fingerprint density at radius 3 is 1.67 bits per heavy atom. The van der Waals surface area contributed by atoms with Crippen molar-refractivity contribution in [3.8, 4) is 0 Å². The molecule has 1 N–H and O–H groups in total. The van der Waals surface area contributed by atoms with Gasteiger partial charge < -0.3 is 5.32 Å². The Morgan fingerprint density at radius 2 is 1.28 bits per heavy atom. The zero-order valence-electron chi connectivity index (χ0n) is 14.1. The number of hydrogen-bond donors (Lipinski definition) is 1. The molecule has 0 rings (SSSR count). The summed E-state index contributed by atoms with van der Waals surface area (Å²) < 4.78 is 0. The lowest BCUT2D eigenvalue weighted by molar-refractivity contribution is 0.254. The average Bonchev–Trinajstić information content (AvgIpc) is 2.25. The molecular formula is C17H37N. The first kappa shape index (κ1) is 18.0. The molecule has 0 spiro atoms. The van der Waals surface area contributed by atoms with Gasteiger partial charge in [-0.05, 0) is 43.1 Å². The topological polar surface area (TPSA) is 12.0 Å². The molecule has 0 fully saturated rings. The van der Waals surface area contributed by atoms with Gasteiger partial charge in [0.1, 0.15) is 0 Å². The third-order valence-electron chi connectivity index (χ3n) is 4.69. The van der Waals surface area contributed by atoms with Crippen molar-refractivity contribution in [3.63, 3.8) is 0 Å². The molecule has 4 atom stereocenters. The van der Waals surface area contributed by atoms with Crippen LogP contribution in [-0.2, 0) is 0 Å². The lowest BCUT2D eigenvalue weighted by Gasteiger charge is -2.29. The molecule has 0 saturated carbocycles. The van der Waals surface area contributed by atoms with Crippen LogP contribution in [-0.4, -0.2) is 13.1 Å². The summed E-state index contributed by atoms with van der Waals surface area (Å²) in [6.45, 7) is 16.6. The third kappa shape index (κ3) is 6.78. The van der Waals surface area contributed by atoms with Crippen LogP contribution in [0.25, 0.3) is 0 Å². The molecule has 0 aromatic rings. The Bertz CT molecular complexity index is 198. The fraction of sp³-hybridized carbons (Fsp3) is 1.00. The Morgan fingerprint density at radius 1 is 0.722 bits per heavy atom. The second-order valence-electron chi connectivity index (χ2n) is 7.18. The molecule has 0 saturated heterocycles. The molecule has 4 unspecified atom stereocenters. The average molecular weight is 255 g/mol. The summed E-state index contributed by atoms with van der Waals surface area (Å²) in [6, 6.07) is 0.662. The summed E-state index contributed by atoms with van der Waals surface area (Å²) in [5.74, 6) is 4.06. The van der Waals surface area contributed by atoms with Gasteiger partial charge >= 0.3 is 0 Å². The fourth-order valence-electron chi connectivity index (χ4n) is 3.05. The van der Waals surface area contributed by atoms with Crippen LogP contribution in [0, 0.1) is 29.6 Å². The van der Waals surface area contributed by atoms with Crippen LogP contribution in [0.2, 0.25) is 0 Å². The van der Waals surface area contributed by atoms with E-state index < -0.39 is 0 Å². The predicted molar refractivity (Wildman–Crippen MR) is 83.9 cm³/mol. The predicted octanol–water partition coefficient (Wildman–Crippen LogP) is 4.97. The van der Waals surface area contributed by atoms with E-state index in [0.29, 0.717) is 6.04 Å². The first-order valence-corrected chi connectivity index (χ1v) is 7.96. The van der Waals surface area contributed by atoms with Gasteiger partial charge in [0.05, 0.1) is 0 Å². The van der Waals surface area contributed by atoms with Crippen LogP contribution in [0.15, 0.2) is 0 Å². The van der Waals surface area contributed by atoms with Crippen LogP contribution in [0.4, 0.5) is 0 Å². The quantitative estimate of drug-likeness (QED) is 0.613. The molecule has 1 heteroatoms. The molecule has 0 radical (unpaired) electrons. The first-order valence-electron chi connectivity index (χ1n) is 7.96. The van der Waals surface area contributed by atoms with Crippen molar-refractivity contribution >= 4 is 0 Å². The molecule has 18 heavy (non-hydrogen) atoms. The van der Waals surface area contributed by atoms with E-state index in [2.05, 4.69) is 60.8 Å². The van der Waals surface area contributed by atoms with Gasteiger partial charge in [-0.2, -0.15) is 0 Å². The Balaban J connectivity index is 4.03. The maximum Gasteiger partial charge on any atom is 0.0113 e. The lowest BCUT2D eigenvalue weighted by Crippen LogP contribution is -2.37. The number of rotatable bonds is 9. The van der Waals surface area contributed by atoms with Crippen LogP contribution in [0.1, 0.15) is 67.7 Å². The molecule has 0 bridgehead atoms. The van der Waals surface area contributed by atoms with Crippen LogP contribution in [0.3, 0.4) is 0 Å². The molecule has 110 valence electrons. The van der Waals surface area contributed by atoms with E-state index in [-0.39, 0.29) is 0 Å². The van der Waals surface area contributed by atoms with Crippen molar-refractivity contribution in [2.75, 3.05) is 7.05 Å². The molecule has 0 aliphatic heterocycles. The van der Waals surface area contributed by atoms with Gasteiger partial charge in [0.15, 0.2) is 0 Å². The monoisotopic (exact) mass is 255 g/mol. The molecule has 0 amide bonds. The zero-order chi connectivity index (χ0) is 14.3. The van der Waals surface area contributed by atoms with Gasteiger partial charge in [-0.1, -0.05) is 61.3 Å². The molecule has 0 aliphatic carbocycles. The smallest absolute Gasteiger partial charge is 0.0113 e. The van der Waals surface area contributed by atoms with E-state index in [1.54, 1.807) is 0 Å². The van der Waals surface area contributed by atoms with E-state index in [4.69, 9.17) is 0 Å². The highest BCUT2D eigenvalue weighted by Gasteiger charge is 2.21. The largest absolute Gasteiger partial charge is 0.316 e. The summed E-state index contributed by atoms with van der Waals surface area (Å²) in [4.78, 5) is 0. The minimum absolute atomic E-state index is 0.662. The highest BCUT2D eigenvalue weighted by atomic mass is 14.9. The second-order valence-corrected chi connectivity index (χ2v) is 7.18. The minimum Gasteiger partial charge on any atom is -0.316 e. The lowest BCUT2D eigenvalue weighted by atomic mass is 9.82. The maximum absolute atomic E-state index is 3.49. The van der Waals surface area contributed by atoms with Crippen molar-refractivity contribution in [2.24, 2.45) is 29.6 Å². The van der Waals surface area contributed by atoms with Gasteiger partial charge in [0, 0.05) is 6.04 Å². The summed E-state index contributed by atoms with van der Waals surface area (Å²) in [6.07, 6.45) is 4.13. The van der Waals surface area contributed by atoms with Crippen molar-refractivity contribution in [2.45, 2.75) is 73.8 Å². The summed E-state index contributed by atoms with van der Waals surface area (Å²) in [5.41, 5.74) is 0. The Hall–Kier alpha value is -0.0400. The van der Waals surface area contributed by atoms with E-state index in [1.165, 1.54) is 19.3 Å². The number of nitrogens with one attached hydrogen (secondary N) is 1. The van der Waals surface area contributed by atoms with E-state index in [1.807, 2.05) is 0 Å². The number of hydrogen-bond acceptors (Lipinski definition) is 1. The SMILES string of the molecule is CNC(C(C)C)C(C)CC(C)CCC(C)C(C)C. The molecule has 0 aromatic carbocycles. The van der Waals surface area contributed by atoms with E-state index in [9.17, 15) is 0 Å². The van der Waals surface area contributed by atoms with Crippen molar-refractivity contribution in [1.82, 2.24) is 5.32 Å². The highest BCUT2D eigenvalue weighted by molar-refractivity contribution is 4.76. The Labute approximate surface area is 116 Å². The molecule has 0 aliphatic rings. The van der Waals surface area contributed by atoms with Gasteiger partial charge in [-0.15, -0.1) is 0 Å². The standard InChI is InChI=1S/C17H37N/c1-12(2)15(6)10-9-14(5)11-16(7)17(18-8)13(3)4/h12-18H,9-11H2,1-8H3. The van der Waals surface area contributed by atoms with Crippen molar-refractivity contribution < 1.29 is 0 Å². The van der Waals surface area contributed by atoms with Crippen LogP contribution < -0.4 is 5.32 Å². The summed E-state index contributed by atoms with van der Waals surface area (Å²) >= 11 is 0. The van der Waals surface area contributed by atoms with Gasteiger partial charge in [0.25, 0.3) is 0 Å².